The van der Waals surface area contributed by atoms with E-state index < -0.39 is 0 Å². The maximum atomic E-state index is 12.2. The smallest absolute Gasteiger partial charge is 0.317 e. The van der Waals surface area contributed by atoms with Crippen LogP contribution in [0, 0.1) is 0 Å². The fourth-order valence-electron chi connectivity index (χ4n) is 3.33. The quantitative estimate of drug-likeness (QED) is 0.713. The summed E-state index contributed by atoms with van der Waals surface area (Å²) in [6.45, 7) is 3.89. The third-order valence-corrected chi connectivity index (χ3v) is 4.87. The number of hydrogen-bond donors (Lipinski definition) is 1. The summed E-state index contributed by atoms with van der Waals surface area (Å²) in [4.78, 5) is 13.9. The fraction of sp³-hybridized carbons (Fsp3) is 0.526. The Balaban J connectivity index is 1.07. The van der Waals surface area contributed by atoms with Crippen molar-refractivity contribution in [1.82, 2.24) is 25.0 Å². The topological polar surface area (TPSA) is 81.5 Å². The minimum Gasteiger partial charge on any atom is -0.494 e. The van der Waals surface area contributed by atoms with Gasteiger partial charge in [-0.05, 0) is 18.6 Å². The first-order valence-electron chi connectivity index (χ1n) is 9.53. The maximum Gasteiger partial charge on any atom is 0.317 e. The van der Waals surface area contributed by atoms with Crippen molar-refractivity contribution in [3.05, 3.63) is 42.0 Å². The van der Waals surface area contributed by atoms with Crippen LogP contribution in [0.5, 0.6) is 5.75 Å². The Morgan fingerprint density at radius 3 is 2.89 bits per heavy atom. The fourth-order valence-corrected chi connectivity index (χ4v) is 3.33. The SMILES string of the molecule is O=C(NCc1nnc2n1CCC2)N1CC(OCCCOc2ccccc2)C1. The van der Waals surface area contributed by atoms with Crippen molar-refractivity contribution in [1.29, 1.82) is 0 Å². The molecule has 0 bridgehead atoms. The van der Waals surface area contributed by atoms with Gasteiger partial charge in [-0.3, -0.25) is 0 Å². The number of likely N-dealkylation sites (tertiary alicyclic amines) is 1. The molecule has 2 aromatic rings. The Bertz CT molecular complexity index is 758. The van der Waals surface area contributed by atoms with Gasteiger partial charge in [0.1, 0.15) is 11.6 Å². The number of urea groups is 1. The van der Waals surface area contributed by atoms with Crippen LogP contribution in [0.15, 0.2) is 30.3 Å². The Kier molecular flexibility index (Phi) is 5.53. The lowest BCUT2D eigenvalue weighted by Crippen LogP contribution is -2.57. The predicted octanol–water partition coefficient (Wildman–Crippen LogP) is 1.60. The summed E-state index contributed by atoms with van der Waals surface area (Å²) >= 11 is 0. The van der Waals surface area contributed by atoms with E-state index in [2.05, 4.69) is 20.1 Å². The van der Waals surface area contributed by atoms with E-state index in [1.54, 1.807) is 4.90 Å². The summed E-state index contributed by atoms with van der Waals surface area (Å²) in [5.74, 6) is 2.73. The summed E-state index contributed by atoms with van der Waals surface area (Å²) in [5.41, 5.74) is 0. The first-order chi connectivity index (χ1) is 13.3. The van der Waals surface area contributed by atoms with Gasteiger partial charge < -0.3 is 24.3 Å². The first-order valence-corrected chi connectivity index (χ1v) is 9.53. The molecule has 4 rings (SSSR count). The molecule has 8 nitrogen and oxygen atoms in total. The van der Waals surface area contributed by atoms with Gasteiger partial charge in [-0.15, -0.1) is 10.2 Å². The average molecular weight is 371 g/mol. The molecule has 2 amide bonds. The highest BCUT2D eigenvalue weighted by Crippen LogP contribution is 2.15. The molecule has 2 aliphatic rings. The van der Waals surface area contributed by atoms with Gasteiger partial charge in [-0.2, -0.15) is 0 Å². The van der Waals surface area contributed by atoms with Crippen LogP contribution in [-0.4, -0.2) is 58.1 Å². The van der Waals surface area contributed by atoms with Crippen molar-refractivity contribution < 1.29 is 14.3 Å². The average Bonchev–Trinajstić information content (AvgIpc) is 3.26. The molecule has 0 spiro atoms. The molecule has 0 saturated carbocycles. The number of carbonyl (C=O) groups excluding carboxylic acids is 1. The third-order valence-electron chi connectivity index (χ3n) is 4.87. The number of ether oxygens (including phenoxy) is 2. The molecule has 0 radical (unpaired) electrons. The highest BCUT2D eigenvalue weighted by Gasteiger charge is 2.31. The van der Waals surface area contributed by atoms with Gasteiger partial charge in [-0.25, -0.2) is 4.79 Å². The molecule has 144 valence electrons. The minimum absolute atomic E-state index is 0.0717. The number of para-hydroxylation sites is 1. The maximum absolute atomic E-state index is 12.2. The number of aromatic nitrogens is 3. The van der Waals surface area contributed by atoms with Crippen LogP contribution in [0.4, 0.5) is 4.79 Å². The molecule has 2 aliphatic heterocycles. The lowest BCUT2D eigenvalue weighted by molar-refractivity contribution is -0.0383. The van der Waals surface area contributed by atoms with E-state index in [-0.39, 0.29) is 12.1 Å². The van der Waals surface area contributed by atoms with Crippen molar-refractivity contribution in [3.8, 4) is 5.75 Å². The Hall–Kier alpha value is -2.61. The molecule has 1 aromatic heterocycles. The number of nitrogens with zero attached hydrogens (tertiary/aromatic N) is 4. The highest BCUT2D eigenvalue weighted by atomic mass is 16.5. The molecular formula is C19H25N5O3. The number of rotatable bonds is 8. The van der Waals surface area contributed by atoms with Gasteiger partial charge in [0.15, 0.2) is 5.82 Å². The Morgan fingerprint density at radius 2 is 2.04 bits per heavy atom. The zero-order valence-corrected chi connectivity index (χ0v) is 15.3. The zero-order valence-electron chi connectivity index (χ0n) is 15.3. The molecule has 0 atom stereocenters. The van der Waals surface area contributed by atoms with Crippen molar-refractivity contribution in [2.75, 3.05) is 26.3 Å². The van der Waals surface area contributed by atoms with Crippen LogP contribution in [0.1, 0.15) is 24.5 Å². The number of nitrogens with one attached hydrogen (secondary N) is 1. The second-order valence-electron chi connectivity index (χ2n) is 6.86. The molecule has 1 aromatic carbocycles. The molecule has 1 N–H and O–H groups in total. The molecule has 3 heterocycles. The molecular weight excluding hydrogens is 346 g/mol. The first kappa shape index (κ1) is 17.8. The van der Waals surface area contributed by atoms with Gasteiger partial charge in [0.2, 0.25) is 0 Å². The summed E-state index contributed by atoms with van der Waals surface area (Å²) in [6.07, 6.45) is 3.02. The Labute approximate surface area is 158 Å². The van der Waals surface area contributed by atoms with Gasteiger partial charge in [0.05, 0.1) is 39.0 Å². The van der Waals surface area contributed by atoms with Gasteiger partial charge in [0, 0.05) is 19.4 Å². The number of aryl methyl sites for hydroxylation is 1. The highest BCUT2D eigenvalue weighted by molar-refractivity contribution is 5.75. The Morgan fingerprint density at radius 1 is 1.19 bits per heavy atom. The predicted molar refractivity (Wildman–Crippen MR) is 98.4 cm³/mol. The van der Waals surface area contributed by atoms with Crippen molar-refractivity contribution in [2.45, 2.75) is 38.5 Å². The van der Waals surface area contributed by atoms with Crippen LogP contribution in [0.25, 0.3) is 0 Å². The van der Waals surface area contributed by atoms with Crippen molar-refractivity contribution >= 4 is 6.03 Å². The van der Waals surface area contributed by atoms with Crippen LogP contribution in [0.3, 0.4) is 0 Å². The lowest BCUT2D eigenvalue weighted by atomic mass is 10.2. The molecule has 1 saturated heterocycles. The van der Waals surface area contributed by atoms with Gasteiger partial charge in [0.25, 0.3) is 0 Å². The van der Waals surface area contributed by atoms with Crippen LogP contribution < -0.4 is 10.1 Å². The third kappa shape index (κ3) is 4.39. The van der Waals surface area contributed by atoms with E-state index in [0.717, 1.165) is 43.2 Å². The second kappa shape index (κ2) is 8.39. The molecule has 0 unspecified atom stereocenters. The van der Waals surface area contributed by atoms with E-state index >= 15 is 0 Å². The number of benzene rings is 1. The largest absolute Gasteiger partial charge is 0.494 e. The molecule has 8 heteroatoms. The zero-order chi connectivity index (χ0) is 18.5. The number of carbonyl (C=O) groups is 1. The summed E-state index contributed by atoms with van der Waals surface area (Å²) < 4.78 is 13.5. The van der Waals surface area contributed by atoms with E-state index in [1.165, 1.54) is 0 Å². The summed E-state index contributed by atoms with van der Waals surface area (Å²) in [5, 5.41) is 11.2. The van der Waals surface area contributed by atoms with E-state index in [1.807, 2.05) is 30.3 Å². The normalized spacial score (nSPS) is 16.1. The lowest BCUT2D eigenvalue weighted by Gasteiger charge is -2.38. The van der Waals surface area contributed by atoms with Crippen LogP contribution in [-0.2, 0) is 24.2 Å². The molecule has 27 heavy (non-hydrogen) atoms. The van der Waals surface area contributed by atoms with Crippen molar-refractivity contribution in [2.24, 2.45) is 0 Å². The number of hydrogen-bond acceptors (Lipinski definition) is 5. The number of fused-ring (bicyclic) bond motifs is 1. The van der Waals surface area contributed by atoms with Gasteiger partial charge in [-0.1, -0.05) is 18.2 Å². The molecule has 1 fully saturated rings. The summed E-state index contributed by atoms with van der Waals surface area (Å²) in [7, 11) is 0. The van der Waals surface area contributed by atoms with Crippen LogP contribution >= 0.6 is 0 Å². The second-order valence-corrected chi connectivity index (χ2v) is 6.86. The minimum atomic E-state index is -0.0717. The van der Waals surface area contributed by atoms with E-state index in [9.17, 15) is 4.79 Å². The van der Waals surface area contributed by atoms with Crippen LogP contribution in [0.2, 0.25) is 0 Å². The van der Waals surface area contributed by atoms with E-state index in [0.29, 0.717) is 32.8 Å². The van der Waals surface area contributed by atoms with E-state index in [4.69, 9.17) is 9.47 Å². The van der Waals surface area contributed by atoms with Gasteiger partial charge >= 0.3 is 6.03 Å². The summed E-state index contributed by atoms with van der Waals surface area (Å²) in [6, 6.07) is 9.69. The standard InChI is InChI=1S/C19H25N5O3/c25-19(20-12-18-22-21-17-8-4-9-24(17)18)23-13-16(14-23)27-11-5-10-26-15-6-2-1-3-7-15/h1-3,6-7,16H,4-5,8-14H2,(H,20,25). The monoisotopic (exact) mass is 371 g/mol. The molecule has 0 aliphatic carbocycles. The van der Waals surface area contributed by atoms with Crippen molar-refractivity contribution in [3.63, 3.8) is 0 Å². The number of amides is 2.